The van der Waals surface area contributed by atoms with E-state index in [9.17, 15) is 9.90 Å². The number of methoxy groups -OCH3 is 1. The third-order valence-corrected chi connectivity index (χ3v) is 2.82. The standard InChI is InChI=1S/C14H11ClO3/c1-18-14(17)13-8-11(16)6-7-12(13)9-2-4-10(15)5-3-9/h2-8,16H,1H3. The van der Waals surface area contributed by atoms with Gasteiger partial charge in [0, 0.05) is 5.02 Å². The molecule has 0 heterocycles. The van der Waals surface area contributed by atoms with Crippen LogP contribution in [0.1, 0.15) is 10.4 Å². The molecule has 1 N–H and O–H groups in total. The molecule has 0 atom stereocenters. The lowest BCUT2D eigenvalue weighted by Gasteiger charge is -2.08. The summed E-state index contributed by atoms with van der Waals surface area (Å²) < 4.78 is 4.70. The molecule has 2 aromatic rings. The van der Waals surface area contributed by atoms with Crippen LogP contribution in [0.5, 0.6) is 5.75 Å². The molecule has 0 aliphatic carbocycles. The van der Waals surface area contributed by atoms with Gasteiger partial charge in [-0.1, -0.05) is 23.7 Å². The molecule has 0 spiro atoms. The fraction of sp³-hybridized carbons (Fsp3) is 0.0714. The van der Waals surface area contributed by atoms with Gasteiger partial charge in [-0.2, -0.15) is 0 Å². The summed E-state index contributed by atoms with van der Waals surface area (Å²) in [5, 5.41) is 10.1. The lowest BCUT2D eigenvalue weighted by molar-refractivity contribution is 0.0601. The quantitative estimate of drug-likeness (QED) is 0.843. The molecule has 0 saturated heterocycles. The van der Waals surface area contributed by atoms with Gasteiger partial charge >= 0.3 is 5.97 Å². The van der Waals surface area contributed by atoms with E-state index in [1.807, 2.05) is 0 Å². The number of ether oxygens (including phenoxy) is 1. The lowest BCUT2D eigenvalue weighted by Crippen LogP contribution is -2.03. The molecule has 0 unspecified atom stereocenters. The summed E-state index contributed by atoms with van der Waals surface area (Å²) >= 11 is 5.82. The molecule has 0 fully saturated rings. The van der Waals surface area contributed by atoms with Crippen LogP contribution in [-0.4, -0.2) is 18.2 Å². The van der Waals surface area contributed by atoms with Gasteiger partial charge < -0.3 is 9.84 Å². The summed E-state index contributed by atoms with van der Waals surface area (Å²) in [5.74, 6) is -0.469. The van der Waals surface area contributed by atoms with Crippen molar-refractivity contribution in [3.8, 4) is 16.9 Å². The Labute approximate surface area is 110 Å². The molecular weight excluding hydrogens is 252 g/mol. The van der Waals surface area contributed by atoms with Gasteiger partial charge in [0.05, 0.1) is 12.7 Å². The van der Waals surface area contributed by atoms with E-state index in [1.165, 1.54) is 19.2 Å². The van der Waals surface area contributed by atoms with Crippen LogP contribution in [0, 0.1) is 0 Å². The second-order valence-electron chi connectivity index (χ2n) is 3.73. The van der Waals surface area contributed by atoms with Crippen LogP contribution >= 0.6 is 11.6 Å². The van der Waals surface area contributed by atoms with E-state index in [2.05, 4.69) is 0 Å². The zero-order valence-corrected chi connectivity index (χ0v) is 10.4. The van der Waals surface area contributed by atoms with E-state index in [0.29, 0.717) is 16.1 Å². The average molecular weight is 263 g/mol. The SMILES string of the molecule is COC(=O)c1cc(O)ccc1-c1ccc(Cl)cc1. The van der Waals surface area contributed by atoms with E-state index in [0.717, 1.165) is 5.56 Å². The van der Waals surface area contributed by atoms with Gasteiger partial charge in [-0.05, 0) is 41.5 Å². The maximum atomic E-state index is 11.7. The van der Waals surface area contributed by atoms with Crippen LogP contribution in [0.25, 0.3) is 11.1 Å². The van der Waals surface area contributed by atoms with Gasteiger partial charge in [0.1, 0.15) is 5.75 Å². The summed E-state index contributed by atoms with van der Waals surface area (Å²) in [6.07, 6.45) is 0. The molecule has 0 aliphatic rings. The van der Waals surface area contributed by atoms with E-state index in [-0.39, 0.29) is 5.75 Å². The molecule has 0 aliphatic heterocycles. The van der Waals surface area contributed by atoms with Crippen LogP contribution in [0.15, 0.2) is 42.5 Å². The van der Waals surface area contributed by atoms with Crippen LogP contribution in [-0.2, 0) is 4.74 Å². The first-order valence-electron chi connectivity index (χ1n) is 5.29. The lowest BCUT2D eigenvalue weighted by atomic mass is 9.99. The maximum Gasteiger partial charge on any atom is 0.338 e. The molecule has 0 saturated carbocycles. The number of carbonyl (C=O) groups excluding carboxylic acids is 1. The van der Waals surface area contributed by atoms with Crippen molar-refractivity contribution in [2.24, 2.45) is 0 Å². The van der Waals surface area contributed by atoms with Gasteiger partial charge in [-0.25, -0.2) is 4.79 Å². The zero-order chi connectivity index (χ0) is 13.1. The number of phenols is 1. The topological polar surface area (TPSA) is 46.5 Å². The van der Waals surface area contributed by atoms with Gasteiger partial charge in [0.25, 0.3) is 0 Å². The number of rotatable bonds is 2. The molecule has 3 nitrogen and oxygen atoms in total. The highest BCUT2D eigenvalue weighted by atomic mass is 35.5. The van der Waals surface area contributed by atoms with Crippen molar-refractivity contribution in [1.82, 2.24) is 0 Å². The van der Waals surface area contributed by atoms with Crippen LogP contribution < -0.4 is 0 Å². The van der Waals surface area contributed by atoms with Crippen molar-refractivity contribution in [2.75, 3.05) is 7.11 Å². The zero-order valence-electron chi connectivity index (χ0n) is 9.68. The van der Waals surface area contributed by atoms with Crippen molar-refractivity contribution in [1.29, 1.82) is 0 Å². The first-order chi connectivity index (χ1) is 8.61. The Morgan fingerprint density at radius 2 is 1.83 bits per heavy atom. The Balaban J connectivity index is 2.56. The van der Waals surface area contributed by atoms with E-state index in [4.69, 9.17) is 16.3 Å². The molecule has 0 amide bonds. The second kappa shape index (κ2) is 5.10. The van der Waals surface area contributed by atoms with Gasteiger partial charge in [0.2, 0.25) is 0 Å². The third-order valence-electron chi connectivity index (χ3n) is 2.56. The van der Waals surface area contributed by atoms with Gasteiger partial charge in [-0.15, -0.1) is 0 Å². The molecule has 18 heavy (non-hydrogen) atoms. The molecule has 92 valence electrons. The van der Waals surface area contributed by atoms with Crippen molar-refractivity contribution in [3.63, 3.8) is 0 Å². The summed E-state index contributed by atoms with van der Waals surface area (Å²) in [7, 11) is 1.30. The molecular formula is C14H11ClO3. The third kappa shape index (κ3) is 2.46. The number of carbonyl (C=O) groups is 1. The highest BCUT2D eigenvalue weighted by molar-refractivity contribution is 6.30. The Morgan fingerprint density at radius 1 is 1.17 bits per heavy atom. The number of esters is 1. The van der Waals surface area contributed by atoms with Crippen molar-refractivity contribution < 1.29 is 14.6 Å². The maximum absolute atomic E-state index is 11.7. The highest BCUT2D eigenvalue weighted by Gasteiger charge is 2.14. The number of hydrogen-bond acceptors (Lipinski definition) is 3. The minimum absolute atomic E-state index is 0.0214. The highest BCUT2D eigenvalue weighted by Crippen LogP contribution is 2.28. The normalized spacial score (nSPS) is 10.1. The van der Waals surface area contributed by atoms with Crippen molar-refractivity contribution >= 4 is 17.6 Å². The number of hydrogen-bond donors (Lipinski definition) is 1. The molecule has 0 aromatic heterocycles. The van der Waals surface area contributed by atoms with Crippen LogP contribution in [0.2, 0.25) is 5.02 Å². The number of phenolic OH excluding ortho intramolecular Hbond substituents is 1. The molecule has 2 rings (SSSR count). The molecule has 0 radical (unpaired) electrons. The molecule has 4 heteroatoms. The fourth-order valence-electron chi connectivity index (χ4n) is 1.69. The number of aromatic hydroxyl groups is 1. The summed E-state index contributed by atoms with van der Waals surface area (Å²) in [4.78, 5) is 11.7. The van der Waals surface area contributed by atoms with E-state index in [1.54, 1.807) is 30.3 Å². The van der Waals surface area contributed by atoms with Gasteiger partial charge in [0.15, 0.2) is 0 Å². The van der Waals surface area contributed by atoms with Crippen molar-refractivity contribution in [2.45, 2.75) is 0 Å². The average Bonchev–Trinajstić information content (AvgIpc) is 2.39. The fourth-order valence-corrected chi connectivity index (χ4v) is 1.82. The Hall–Kier alpha value is -2.00. The van der Waals surface area contributed by atoms with Gasteiger partial charge in [-0.3, -0.25) is 0 Å². The second-order valence-corrected chi connectivity index (χ2v) is 4.16. The summed E-state index contributed by atoms with van der Waals surface area (Å²) in [5.41, 5.74) is 1.84. The van der Waals surface area contributed by atoms with Crippen LogP contribution in [0.3, 0.4) is 0 Å². The minimum Gasteiger partial charge on any atom is -0.508 e. The largest absolute Gasteiger partial charge is 0.508 e. The van der Waals surface area contributed by atoms with E-state index < -0.39 is 5.97 Å². The Bertz CT molecular complexity index is 576. The first-order valence-corrected chi connectivity index (χ1v) is 5.67. The smallest absolute Gasteiger partial charge is 0.338 e. The number of benzene rings is 2. The predicted octanol–water partition coefficient (Wildman–Crippen LogP) is 3.50. The molecule has 2 aromatic carbocycles. The van der Waals surface area contributed by atoms with Crippen molar-refractivity contribution in [3.05, 3.63) is 53.1 Å². The Kier molecular flexibility index (Phi) is 3.53. The minimum atomic E-state index is -0.490. The first kappa shape index (κ1) is 12.5. The van der Waals surface area contributed by atoms with E-state index >= 15 is 0 Å². The monoisotopic (exact) mass is 262 g/mol. The Morgan fingerprint density at radius 3 is 2.44 bits per heavy atom. The number of halogens is 1. The predicted molar refractivity (Wildman–Crippen MR) is 69.9 cm³/mol. The summed E-state index contributed by atoms with van der Waals surface area (Å²) in [6.45, 7) is 0. The summed E-state index contributed by atoms with van der Waals surface area (Å²) in [6, 6.07) is 11.7. The van der Waals surface area contributed by atoms with Crippen LogP contribution in [0.4, 0.5) is 0 Å². The molecule has 0 bridgehead atoms.